The number of hydrogen-bond acceptors (Lipinski definition) is 5. The van der Waals surface area contributed by atoms with Gasteiger partial charge in [0.2, 0.25) is 0 Å². The average molecular weight is 436 g/mol. The minimum Gasteiger partial charge on any atom is -0.480 e. The molecule has 160 valence electrons. The van der Waals surface area contributed by atoms with Crippen LogP contribution in [0.2, 0.25) is 0 Å². The number of aliphatic carboxylic acids is 1. The lowest BCUT2D eigenvalue weighted by Crippen LogP contribution is -2.41. The molecule has 7 heteroatoms. The van der Waals surface area contributed by atoms with Gasteiger partial charge in [0.1, 0.15) is 11.9 Å². The summed E-state index contributed by atoms with van der Waals surface area (Å²) in [6.45, 7) is 0.546. The van der Waals surface area contributed by atoms with E-state index in [4.69, 9.17) is 0 Å². The molecule has 3 N–H and O–H groups in total. The lowest BCUT2D eigenvalue weighted by atomic mass is 9.96. The van der Waals surface area contributed by atoms with Crippen LogP contribution < -0.4 is 10.6 Å². The van der Waals surface area contributed by atoms with E-state index in [0.29, 0.717) is 24.3 Å². The average Bonchev–Trinajstić information content (AvgIpc) is 2.81. The Bertz CT molecular complexity index is 1010. The smallest absolute Gasteiger partial charge is 0.326 e. The maximum absolute atomic E-state index is 13.0. The molecule has 0 saturated carbocycles. The number of anilines is 1. The van der Waals surface area contributed by atoms with Crippen molar-refractivity contribution in [2.45, 2.75) is 19.0 Å². The molecule has 1 unspecified atom stereocenters. The van der Waals surface area contributed by atoms with E-state index < -0.39 is 17.9 Å². The number of benzene rings is 2. The second-order valence-electron chi connectivity index (χ2n) is 6.96. The van der Waals surface area contributed by atoms with Gasteiger partial charge in [0.25, 0.3) is 5.91 Å². The number of carbonyl (C=O) groups is 2. The highest BCUT2D eigenvalue weighted by Crippen LogP contribution is 2.26. The SMILES string of the molecule is CSCCC(NC(=O)c1ccc(CNc2ccccn2)cc1-c1ccccc1)C(=O)O. The van der Waals surface area contributed by atoms with Gasteiger partial charge in [0.15, 0.2) is 0 Å². The van der Waals surface area contributed by atoms with Crippen LogP contribution in [-0.4, -0.2) is 40.0 Å². The number of carbonyl (C=O) groups excluding carboxylic acids is 1. The highest BCUT2D eigenvalue weighted by molar-refractivity contribution is 7.98. The Labute approximate surface area is 186 Å². The van der Waals surface area contributed by atoms with Crippen molar-refractivity contribution in [3.05, 3.63) is 84.1 Å². The normalized spacial score (nSPS) is 11.5. The number of nitrogens with zero attached hydrogens (tertiary/aromatic N) is 1. The molecule has 1 aromatic heterocycles. The van der Waals surface area contributed by atoms with Crippen molar-refractivity contribution >= 4 is 29.5 Å². The minimum atomic E-state index is -1.03. The molecule has 1 atom stereocenters. The van der Waals surface area contributed by atoms with Crippen LogP contribution in [0.15, 0.2) is 72.9 Å². The second kappa shape index (κ2) is 11.2. The molecular formula is C24H25N3O3S. The van der Waals surface area contributed by atoms with Crippen molar-refractivity contribution in [3.8, 4) is 11.1 Å². The number of pyridine rings is 1. The predicted octanol–water partition coefficient (Wildman–Crippen LogP) is 4.30. The first-order valence-corrected chi connectivity index (χ1v) is 11.3. The van der Waals surface area contributed by atoms with Crippen LogP contribution in [0.1, 0.15) is 22.3 Å². The molecule has 0 saturated heterocycles. The van der Waals surface area contributed by atoms with Gasteiger partial charge in [-0.25, -0.2) is 9.78 Å². The fraction of sp³-hybridized carbons (Fsp3) is 0.208. The molecule has 3 rings (SSSR count). The molecule has 0 radical (unpaired) electrons. The zero-order valence-electron chi connectivity index (χ0n) is 17.2. The summed E-state index contributed by atoms with van der Waals surface area (Å²) in [7, 11) is 0. The summed E-state index contributed by atoms with van der Waals surface area (Å²) in [5.41, 5.74) is 3.08. The third-order valence-electron chi connectivity index (χ3n) is 4.77. The molecule has 0 bridgehead atoms. The fourth-order valence-electron chi connectivity index (χ4n) is 3.14. The second-order valence-corrected chi connectivity index (χ2v) is 7.95. The number of thioether (sulfide) groups is 1. The van der Waals surface area contributed by atoms with Crippen LogP contribution in [0.25, 0.3) is 11.1 Å². The summed E-state index contributed by atoms with van der Waals surface area (Å²) < 4.78 is 0. The van der Waals surface area contributed by atoms with E-state index in [1.807, 2.05) is 66.9 Å². The number of nitrogens with one attached hydrogen (secondary N) is 2. The van der Waals surface area contributed by atoms with E-state index in [2.05, 4.69) is 15.6 Å². The molecule has 0 fully saturated rings. The Kier molecular flexibility index (Phi) is 8.06. The van der Waals surface area contributed by atoms with Crippen LogP contribution in [0, 0.1) is 0 Å². The largest absolute Gasteiger partial charge is 0.480 e. The van der Waals surface area contributed by atoms with Crippen molar-refractivity contribution < 1.29 is 14.7 Å². The predicted molar refractivity (Wildman–Crippen MR) is 125 cm³/mol. The van der Waals surface area contributed by atoms with E-state index in [9.17, 15) is 14.7 Å². The molecule has 31 heavy (non-hydrogen) atoms. The number of carboxylic acid groups (broad SMARTS) is 1. The van der Waals surface area contributed by atoms with Crippen LogP contribution in [0.5, 0.6) is 0 Å². The van der Waals surface area contributed by atoms with Gasteiger partial charge >= 0.3 is 5.97 Å². The summed E-state index contributed by atoms with van der Waals surface area (Å²) in [4.78, 5) is 28.8. The first kappa shape index (κ1) is 22.4. The Morgan fingerprint density at radius 2 is 1.84 bits per heavy atom. The Balaban J connectivity index is 1.86. The first-order chi connectivity index (χ1) is 15.1. The van der Waals surface area contributed by atoms with E-state index in [-0.39, 0.29) is 0 Å². The highest BCUT2D eigenvalue weighted by Gasteiger charge is 2.22. The highest BCUT2D eigenvalue weighted by atomic mass is 32.2. The third-order valence-corrected chi connectivity index (χ3v) is 5.41. The Morgan fingerprint density at radius 3 is 2.52 bits per heavy atom. The summed E-state index contributed by atoms with van der Waals surface area (Å²) in [5.74, 6) is 0.00101. The molecule has 1 amide bonds. The van der Waals surface area contributed by atoms with E-state index in [1.54, 1.807) is 24.0 Å². The molecular weight excluding hydrogens is 410 g/mol. The van der Waals surface area contributed by atoms with Crippen molar-refractivity contribution in [2.75, 3.05) is 17.3 Å². The van der Waals surface area contributed by atoms with E-state index in [1.165, 1.54) is 0 Å². The summed E-state index contributed by atoms with van der Waals surface area (Å²) in [6, 6.07) is 19.9. The molecule has 0 spiro atoms. The number of hydrogen-bond donors (Lipinski definition) is 3. The first-order valence-electron chi connectivity index (χ1n) is 9.94. The van der Waals surface area contributed by atoms with Gasteiger partial charge in [0, 0.05) is 18.3 Å². The minimum absolute atomic E-state index is 0.370. The Morgan fingerprint density at radius 1 is 1.06 bits per heavy atom. The maximum Gasteiger partial charge on any atom is 0.326 e. The zero-order valence-corrected chi connectivity index (χ0v) is 18.1. The monoisotopic (exact) mass is 435 g/mol. The van der Waals surface area contributed by atoms with Gasteiger partial charge < -0.3 is 15.7 Å². The fourth-order valence-corrected chi connectivity index (χ4v) is 3.62. The van der Waals surface area contributed by atoms with Gasteiger partial charge in [-0.3, -0.25) is 4.79 Å². The van der Waals surface area contributed by atoms with E-state index >= 15 is 0 Å². The number of amides is 1. The number of aromatic nitrogens is 1. The molecule has 2 aromatic carbocycles. The number of rotatable bonds is 10. The van der Waals surface area contributed by atoms with Gasteiger partial charge in [0.05, 0.1) is 0 Å². The van der Waals surface area contributed by atoms with Crippen molar-refractivity contribution in [1.82, 2.24) is 10.3 Å². The van der Waals surface area contributed by atoms with Crippen molar-refractivity contribution in [3.63, 3.8) is 0 Å². The molecule has 1 heterocycles. The van der Waals surface area contributed by atoms with E-state index in [0.717, 1.165) is 22.5 Å². The van der Waals surface area contributed by atoms with Gasteiger partial charge in [-0.05, 0) is 59.4 Å². The molecule has 0 aliphatic carbocycles. The van der Waals surface area contributed by atoms with Gasteiger partial charge in [-0.15, -0.1) is 0 Å². The summed E-state index contributed by atoms with van der Waals surface area (Å²) >= 11 is 1.55. The molecule has 0 aliphatic rings. The zero-order chi connectivity index (χ0) is 22.1. The standard InChI is InChI=1S/C24H25N3O3S/c1-31-14-12-21(24(29)30)27-23(28)19-11-10-17(16-26-22-9-5-6-13-25-22)15-20(19)18-7-3-2-4-8-18/h2-11,13,15,21H,12,14,16H2,1H3,(H,25,26)(H,27,28)(H,29,30). The lowest BCUT2D eigenvalue weighted by molar-refractivity contribution is -0.139. The van der Waals surface area contributed by atoms with Crippen LogP contribution in [-0.2, 0) is 11.3 Å². The molecule has 3 aromatic rings. The Hall–Kier alpha value is -3.32. The third kappa shape index (κ3) is 6.33. The van der Waals surface area contributed by atoms with Crippen LogP contribution in [0.3, 0.4) is 0 Å². The summed E-state index contributed by atoms with van der Waals surface area (Å²) in [6.07, 6.45) is 4.00. The van der Waals surface area contributed by atoms with Crippen LogP contribution >= 0.6 is 11.8 Å². The lowest BCUT2D eigenvalue weighted by Gasteiger charge is -2.17. The van der Waals surface area contributed by atoms with Crippen molar-refractivity contribution in [1.29, 1.82) is 0 Å². The van der Waals surface area contributed by atoms with Gasteiger partial charge in [-0.2, -0.15) is 11.8 Å². The number of carboxylic acids is 1. The quantitative estimate of drug-likeness (QED) is 0.440. The van der Waals surface area contributed by atoms with Crippen molar-refractivity contribution in [2.24, 2.45) is 0 Å². The molecule has 6 nitrogen and oxygen atoms in total. The van der Waals surface area contributed by atoms with Gasteiger partial charge in [-0.1, -0.05) is 42.5 Å². The summed E-state index contributed by atoms with van der Waals surface area (Å²) in [5, 5.41) is 15.4. The topological polar surface area (TPSA) is 91.3 Å². The maximum atomic E-state index is 13.0. The van der Waals surface area contributed by atoms with Crippen LogP contribution in [0.4, 0.5) is 5.82 Å². The molecule has 0 aliphatic heterocycles.